The third-order valence-corrected chi connectivity index (χ3v) is 3.49. The molecule has 0 spiro atoms. The molecule has 2 aromatic rings. The van der Waals surface area contributed by atoms with E-state index in [2.05, 4.69) is 20.6 Å². The van der Waals surface area contributed by atoms with Crippen molar-refractivity contribution in [2.45, 2.75) is 32.7 Å². The van der Waals surface area contributed by atoms with E-state index in [-0.39, 0.29) is 6.54 Å². The van der Waals surface area contributed by atoms with Crippen molar-refractivity contribution in [1.82, 2.24) is 15.6 Å². The summed E-state index contributed by atoms with van der Waals surface area (Å²) in [7, 11) is 0. The van der Waals surface area contributed by atoms with Crippen molar-refractivity contribution in [3.05, 3.63) is 59.8 Å². The van der Waals surface area contributed by atoms with Gasteiger partial charge in [-0.3, -0.25) is 0 Å². The van der Waals surface area contributed by atoms with Crippen molar-refractivity contribution in [1.29, 1.82) is 0 Å². The Bertz CT molecular complexity index is 720. The first-order valence-electron chi connectivity index (χ1n) is 8.67. The molecule has 0 aliphatic heterocycles. The number of aromatic nitrogens is 1. The number of ether oxygens (including phenoxy) is 1. The molecule has 0 bridgehead atoms. The highest BCUT2D eigenvalue weighted by Gasteiger charge is 2.26. The lowest BCUT2D eigenvalue weighted by Crippen LogP contribution is -2.38. The summed E-state index contributed by atoms with van der Waals surface area (Å²) in [6.07, 6.45) is -3.49. The Morgan fingerprint density at radius 3 is 2.59 bits per heavy atom. The highest BCUT2D eigenvalue weighted by Crippen LogP contribution is 2.18. The minimum Gasteiger partial charge on any atom is -0.473 e. The number of pyridine rings is 1. The molecule has 0 radical (unpaired) electrons. The van der Waals surface area contributed by atoms with Gasteiger partial charge in [0.2, 0.25) is 5.88 Å². The van der Waals surface area contributed by atoms with Gasteiger partial charge in [-0.2, -0.15) is 13.2 Å². The van der Waals surface area contributed by atoms with Crippen LogP contribution >= 0.6 is 0 Å². The van der Waals surface area contributed by atoms with E-state index >= 15 is 0 Å². The summed E-state index contributed by atoms with van der Waals surface area (Å²) in [6.45, 7) is 2.88. The van der Waals surface area contributed by atoms with Crippen LogP contribution < -0.4 is 15.4 Å². The van der Waals surface area contributed by atoms with E-state index in [4.69, 9.17) is 4.74 Å². The molecular formula is C19H23F3N4O. The summed E-state index contributed by atoms with van der Waals surface area (Å²) in [6, 6.07) is 13.3. The van der Waals surface area contributed by atoms with Crippen molar-refractivity contribution < 1.29 is 17.9 Å². The Labute approximate surface area is 156 Å². The van der Waals surface area contributed by atoms with E-state index < -0.39 is 12.6 Å². The van der Waals surface area contributed by atoms with E-state index in [1.54, 1.807) is 18.3 Å². The van der Waals surface area contributed by atoms with Crippen LogP contribution in [0.3, 0.4) is 0 Å². The molecule has 8 heteroatoms. The van der Waals surface area contributed by atoms with Crippen LogP contribution in [0.5, 0.6) is 5.88 Å². The van der Waals surface area contributed by atoms with Crippen molar-refractivity contribution in [2.24, 2.45) is 4.99 Å². The van der Waals surface area contributed by atoms with Crippen LogP contribution in [0.1, 0.15) is 24.5 Å². The lowest BCUT2D eigenvalue weighted by atomic mass is 10.2. The molecular weight excluding hydrogens is 357 g/mol. The number of guanidine groups is 1. The van der Waals surface area contributed by atoms with Gasteiger partial charge in [-0.05, 0) is 24.1 Å². The maximum atomic E-state index is 12.3. The van der Waals surface area contributed by atoms with Gasteiger partial charge < -0.3 is 15.4 Å². The Balaban J connectivity index is 1.91. The van der Waals surface area contributed by atoms with Gasteiger partial charge in [-0.15, -0.1) is 0 Å². The van der Waals surface area contributed by atoms with Gasteiger partial charge in [0.05, 0.1) is 13.0 Å². The predicted molar refractivity (Wildman–Crippen MR) is 98.5 cm³/mol. The van der Waals surface area contributed by atoms with Crippen molar-refractivity contribution in [2.75, 3.05) is 13.1 Å². The lowest BCUT2D eigenvalue weighted by Gasteiger charge is -2.12. The fraction of sp³-hybridized carbons (Fsp3) is 0.368. The molecule has 2 rings (SSSR count). The molecule has 1 heterocycles. The largest absolute Gasteiger partial charge is 0.473 e. The first kappa shape index (κ1) is 20.5. The van der Waals surface area contributed by atoms with Gasteiger partial charge >= 0.3 is 6.18 Å². The molecule has 0 fully saturated rings. The van der Waals surface area contributed by atoms with Crippen LogP contribution in [0.2, 0.25) is 0 Å². The van der Waals surface area contributed by atoms with Crippen LogP contribution in [0.4, 0.5) is 13.2 Å². The van der Waals surface area contributed by atoms with Crippen LogP contribution in [0.25, 0.3) is 0 Å². The second-order valence-electron chi connectivity index (χ2n) is 5.76. The van der Waals surface area contributed by atoms with Gasteiger partial charge in [0.15, 0.2) is 5.96 Å². The second kappa shape index (κ2) is 10.4. The average molecular weight is 380 g/mol. The maximum Gasteiger partial charge on any atom is 0.390 e. The first-order valence-corrected chi connectivity index (χ1v) is 8.67. The molecule has 0 saturated carbocycles. The molecule has 0 aliphatic carbocycles. The van der Waals surface area contributed by atoms with Crippen molar-refractivity contribution in [3.8, 4) is 5.88 Å². The fourth-order valence-corrected chi connectivity index (χ4v) is 2.19. The highest BCUT2D eigenvalue weighted by atomic mass is 19.4. The molecule has 2 N–H and O–H groups in total. The third kappa shape index (κ3) is 8.44. The van der Waals surface area contributed by atoms with E-state index in [9.17, 15) is 13.2 Å². The van der Waals surface area contributed by atoms with Crippen LogP contribution in [0, 0.1) is 0 Å². The lowest BCUT2D eigenvalue weighted by molar-refractivity contribution is -0.132. The molecule has 0 amide bonds. The molecule has 0 aliphatic rings. The summed E-state index contributed by atoms with van der Waals surface area (Å²) < 4.78 is 42.5. The van der Waals surface area contributed by atoms with E-state index in [1.165, 1.54) is 0 Å². The Morgan fingerprint density at radius 1 is 1.11 bits per heavy atom. The maximum absolute atomic E-state index is 12.3. The molecule has 27 heavy (non-hydrogen) atoms. The molecule has 1 aromatic carbocycles. The molecule has 146 valence electrons. The zero-order valence-electron chi connectivity index (χ0n) is 15.1. The number of rotatable bonds is 8. The SMILES string of the molecule is CCNC(=NCc1ccnc(OCc2ccccc2)c1)NCCC(F)(F)F. The minimum atomic E-state index is -4.19. The van der Waals surface area contributed by atoms with Gasteiger partial charge in [-0.1, -0.05) is 30.3 Å². The van der Waals surface area contributed by atoms with Crippen molar-refractivity contribution >= 4 is 5.96 Å². The number of alkyl halides is 3. The molecule has 5 nitrogen and oxygen atoms in total. The van der Waals surface area contributed by atoms with E-state index in [0.717, 1.165) is 11.1 Å². The molecule has 1 aromatic heterocycles. The quantitative estimate of drug-likeness (QED) is 0.542. The number of nitrogens with one attached hydrogen (secondary N) is 2. The first-order chi connectivity index (χ1) is 13.0. The van der Waals surface area contributed by atoms with Gasteiger partial charge in [0, 0.05) is 25.4 Å². The van der Waals surface area contributed by atoms with Crippen LogP contribution in [-0.2, 0) is 13.2 Å². The molecule has 0 saturated heterocycles. The molecule has 0 atom stereocenters. The predicted octanol–water partition coefficient (Wildman–Crippen LogP) is 3.67. The van der Waals surface area contributed by atoms with E-state index in [1.807, 2.05) is 37.3 Å². The monoisotopic (exact) mass is 380 g/mol. The van der Waals surface area contributed by atoms with Gasteiger partial charge in [0.25, 0.3) is 0 Å². The topological polar surface area (TPSA) is 58.5 Å². The summed E-state index contributed by atoms with van der Waals surface area (Å²) in [5.74, 6) is 0.812. The average Bonchev–Trinajstić information content (AvgIpc) is 2.65. The standard InChI is InChI=1S/C19H23F3N4O/c1-2-23-18(25-11-9-19(20,21)22)26-13-16-8-10-24-17(12-16)27-14-15-6-4-3-5-7-15/h3-8,10,12H,2,9,11,13-14H2,1H3,(H2,23,25,26). The van der Waals surface area contributed by atoms with Crippen LogP contribution in [0.15, 0.2) is 53.7 Å². The minimum absolute atomic E-state index is 0.225. The van der Waals surface area contributed by atoms with Gasteiger partial charge in [-0.25, -0.2) is 9.98 Å². The number of hydrogen-bond donors (Lipinski definition) is 2. The smallest absolute Gasteiger partial charge is 0.390 e. The van der Waals surface area contributed by atoms with Crippen LogP contribution in [-0.4, -0.2) is 30.2 Å². The van der Waals surface area contributed by atoms with Gasteiger partial charge in [0.1, 0.15) is 6.61 Å². The number of nitrogens with zero attached hydrogens (tertiary/aromatic N) is 2. The molecule has 0 unspecified atom stereocenters. The zero-order valence-corrected chi connectivity index (χ0v) is 15.1. The van der Waals surface area contributed by atoms with Crippen molar-refractivity contribution in [3.63, 3.8) is 0 Å². The Kier molecular flexibility index (Phi) is 7.91. The van der Waals surface area contributed by atoms with E-state index in [0.29, 0.717) is 31.5 Å². The number of hydrogen-bond acceptors (Lipinski definition) is 3. The number of aliphatic imine (C=N–C) groups is 1. The normalized spacial score (nSPS) is 11.9. The third-order valence-electron chi connectivity index (χ3n) is 3.49. The summed E-state index contributed by atoms with van der Waals surface area (Å²) in [4.78, 5) is 8.47. The summed E-state index contributed by atoms with van der Waals surface area (Å²) in [5, 5.41) is 5.61. The number of benzene rings is 1. The number of halogens is 3. The summed E-state index contributed by atoms with van der Waals surface area (Å²) >= 11 is 0. The Morgan fingerprint density at radius 2 is 1.89 bits per heavy atom. The fourth-order valence-electron chi connectivity index (χ4n) is 2.19. The zero-order chi connectivity index (χ0) is 19.5. The Hall–Kier alpha value is -2.77. The second-order valence-corrected chi connectivity index (χ2v) is 5.76. The summed E-state index contributed by atoms with van der Waals surface area (Å²) in [5.41, 5.74) is 1.88. The highest BCUT2D eigenvalue weighted by molar-refractivity contribution is 5.79.